The fourth-order valence-electron chi connectivity index (χ4n) is 4.22. The molecule has 1 atom stereocenters. The van der Waals surface area contributed by atoms with Crippen molar-refractivity contribution >= 4 is 11.5 Å². The van der Waals surface area contributed by atoms with Crippen molar-refractivity contribution in [1.82, 2.24) is 19.6 Å². The first-order valence-electron chi connectivity index (χ1n) is 12.4. The Morgan fingerprint density at radius 3 is 2.43 bits per heavy atom. The molecule has 1 unspecified atom stereocenters. The molecule has 1 N–H and O–H groups in total. The molecule has 1 aromatic carbocycles. The van der Waals surface area contributed by atoms with Crippen LogP contribution in [0.15, 0.2) is 48.9 Å². The van der Waals surface area contributed by atoms with Gasteiger partial charge < -0.3 is 10.1 Å². The van der Waals surface area contributed by atoms with Gasteiger partial charge in [-0.05, 0) is 48.1 Å². The second-order valence-corrected chi connectivity index (χ2v) is 8.29. The number of pyridine rings is 1. The highest BCUT2D eigenvalue weighted by Gasteiger charge is 2.24. The zero-order chi connectivity index (χ0) is 25.5. The van der Waals surface area contributed by atoms with Gasteiger partial charge >= 0.3 is 0 Å². The Morgan fingerprint density at radius 2 is 1.74 bits per heavy atom. The van der Waals surface area contributed by atoms with E-state index in [2.05, 4.69) is 41.4 Å². The Balaban J connectivity index is 0.000000815. The first-order chi connectivity index (χ1) is 17.0. The predicted molar refractivity (Wildman–Crippen MR) is 141 cm³/mol. The van der Waals surface area contributed by atoms with Crippen LogP contribution < -0.4 is 10.1 Å². The first kappa shape index (κ1) is 26.1. The minimum absolute atomic E-state index is 0.220. The molecule has 35 heavy (non-hydrogen) atoms. The number of rotatable bonds is 5. The average molecular weight is 478 g/mol. The van der Waals surface area contributed by atoms with Crippen molar-refractivity contribution in [3.8, 4) is 17.0 Å². The third-order valence-corrected chi connectivity index (χ3v) is 5.82. The lowest BCUT2D eigenvalue weighted by Crippen LogP contribution is -2.21. The summed E-state index contributed by atoms with van der Waals surface area (Å²) in [7, 11) is 1.69. The van der Waals surface area contributed by atoms with Crippen LogP contribution in [0.3, 0.4) is 0 Å². The van der Waals surface area contributed by atoms with Gasteiger partial charge in [-0.15, -0.1) is 0 Å². The molecule has 0 spiro atoms. The Morgan fingerprint density at radius 1 is 1.00 bits per heavy atom. The number of aromatic nitrogens is 4. The van der Waals surface area contributed by atoms with Crippen LogP contribution in [-0.2, 0) is 12.8 Å². The fourth-order valence-corrected chi connectivity index (χ4v) is 4.22. The summed E-state index contributed by atoms with van der Waals surface area (Å²) < 4.78 is 21.0. The highest BCUT2D eigenvalue weighted by Crippen LogP contribution is 2.31. The zero-order valence-electron chi connectivity index (χ0n) is 21.8. The van der Waals surface area contributed by atoms with E-state index in [0.717, 1.165) is 35.6 Å². The Hall–Kier alpha value is -3.48. The van der Waals surface area contributed by atoms with Gasteiger partial charge in [-0.3, -0.25) is 4.98 Å². The maximum absolute atomic E-state index is 13.8. The minimum atomic E-state index is -0.383. The van der Waals surface area contributed by atoms with Gasteiger partial charge in [0.05, 0.1) is 25.2 Å². The van der Waals surface area contributed by atoms with E-state index in [1.807, 2.05) is 50.5 Å². The van der Waals surface area contributed by atoms with Crippen LogP contribution in [0.25, 0.3) is 16.9 Å². The number of fused-ring (bicyclic) bond motifs is 2. The van der Waals surface area contributed by atoms with E-state index in [1.54, 1.807) is 13.3 Å². The quantitative estimate of drug-likeness (QED) is 0.347. The van der Waals surface area contributed by atoms with Gasteiger partial charge in [0.1, 0.15) is 17.4 Å². The third-order valence-electron chi connectivity index (χ3n) is 5.82. The molecule has 186 valence electrons. The van der Waals surface area contributed by atoms with Gasteiger partial charge in [-0.1, -0.05) is 47.6 Å². The first-order valence-corrected chi connectivity index (χ1v) is 12.4. The number of ether oxygens (including phenoxy) is 1. The van der Waals surface area contributed by atoms with Crippen LogP contribution in [0.2, 0.25) is 0 Å². The molecule has 0 bridgehead atoms. The van der Waals surface area contributed by atoms with Crippen molar-refractivity contribution in [2.75, 3.05) is 12.4 Å². The maximum Gasteiger partial charge on any atom is 0.161 e. The summed E-state index contributed by atoms with van der Waals surface area (Å²) in [4.78, 5) is 8.79. The van der Waals surface area contributed by atoms with Crippen molar-refractivity contribution < 1.29 is 9.13 Å². The topological polar surface area (TPSA) is 64.3 Å². The molecule has 4 aromatic rings. The maximum atomic E-state index is 13.8. The normalized spacial score (nSPS) is 14.0. The summed E-state index contributed by atoms with van der Waals surface area (Å²) in [6.07, 6.45) is 6.50. The summed E-state index contributed by atoms with van der Waals surface area (Å²) in [5.41, 5.74) is 5.74. The van der Waals surface area contributed by atoms with Crippen LogP contribution >= 0.6 is 0 Å². The number of methoxy groups -OCH3 is 1. The van der Waals surface area contributed by atoms with Crippen molar-refractivity contribution in [1.29, 1.82) is 0 Å². The van der Waals surface area contributed by atoms with Gasteiger partial charge in [-0.25, -0.2) is 9.37 Å². The molecule has 0 fully saturated rings. The summed E-state index contributed by atoms with van der Waals surface area (Å²) >= 11 is 0. The van der Waals surface area contributed by atoms with E-state index < -0.39 is 0 Å². The van der Waals surface area contributed by atoms with E-state index in [-0.39, 0.29) is 17.8 Å². The molecule has 0 radical (unpaired) electrons. The van der Waals surface area contributed by atoms with E-state index in [1.165, 1.54) is 23.4 Å². The Kier molecular flexibility index (Phi) is 8.79. The third kappa shape index (κ3) is 5.61. The molecule has 0 amide bonds. The number of hydrogen-bond acceptors (Lipinski definition) is 5. The van der Waals surface area contributed by atoms with Crippen molar-refractivity contribution in [3.05, 3.63) is 71.4 Å². The summed E-state index contributed by atoms with van der Waals surface area (Å²) in [6, 6.07) is 9.84. The van der Waals surface area contributed by atoms with Gasteiger partial charge in [0.25, 0.3) is 0 Å². The Bertz CT molecular complexity index is 1270. The lowest BCUT2D eigenvalue weighted by Gasteiger charge is -2.16. The smallest absolute Gasteiger partial charge is 0.161 e. The molecule has 7 heteroatoms. The highest BCUT2D eigenvalue weighted by atomic mass is 19.1. The standard InChI is InChI=1S/C24H24FN5O.2C2H6/c1-14(2)21-13-27-30-23(10-22(29-24(21)30)17-6-18(25)12-26-11-17)28-19-7-15-4-5-20(31-3)9-16(15)8-19;2*1-2/h4-6,9-14,19,28H,7-8H2,1-3H3;2*1-2H3. The largest absolute Gasteiger partial charge is 0.497 e. The molecule has 3 heterocycles. The van der Waals surface area contributed by atoms with Crippen LogP contribution in [-0.4, -0.2) is 32.7 Å². The van der Waals surface area contributed by atoms with Crippen molar-refractivity contribution in [3.63, 3.8) is 0 Å². The van der Waals surface area contributed by atoms with E-state index in [4.69, 9.17) is 9.72 Å². The van der Waals surface area contributed by atoms with E-state index in [9.17, 15) is 4.39 Å². The van der Waals surface area contributed by atoms with Crippen LogP contribution in [0.1, 0.15) is 64.2 Å². The second kappa shape index (κ2) is 11.8. The molecule has 0 saturated heterocycles. The summed E-state index contributed by atoms with van der Waals surface area (Å²) in [6.45, 7) is 12.2. The number of nitrogens with one attached hydrogen (secondary N) is 1. The SMILES string of the molecule is CC.CC.COc1ccc2c(c1)CC(Nc1cc(-c3cncc(F)c3)nc3c(C(C)C)cnn13)C2. The van der Waals surface area contributed by atoms with Crippen LogP contribution in [0.5, 0.6) is 5.75 Å². The van der Waals surface area contributed by atoms with E-state index in [0.29, 0.717) is 11.3 Å². The van der Waals surface area contributed by atoms with Gasteiger partial charge in [-0.2, -0.15) is 9.61 Å². The van der Waals surface area contributed by atoms with Gasteiger partial charge in [0, 0.05) is 29.4 Å². The number of hydrogen-bond donors (Lipinski definition) is 1. The van der Waals surface area contributed by atoms with Crippen LogP contribution in [0, 0.1) is 5.82 Å². The number of nitrogens with zero attached hydrogens (tertiary/aromatic N) is 4. The zero-order valence-corrected chi connectivity index (χ0v) is 21.8. The summed E-state index contributed by atoms with van der Waals surface area (Å²) in [5.74, 6) is 1.59. The fraction of sp³-hybridized carbons (Fsp3) is 0.393. The van der Waals surface area contributed by atoms with Gasteiger partial charge in [0.2, 0.25) is 0 Å². The molecule has 0 aliphatic heterocycles. The molecule has 3 aromatic heterocycles. The lowest BCUT2D eigenvalue weighted by molar-refractivity contribution is 0.414. The highest BCUT2D eigenvalue weighted by molar-refractivity contribution is 5.68. The molecule has 5 rings (SSSR count). The number of anilines is 1. The van der Waals surface area contributed by atoms with E-state index >= 15 is 0 Å². The molecular formula is C28H36FN5O. The average Bonchev–Trinajstić information content (AvgIpc) is 3.50. The summed E-state index contributed by atoms with van der Waals surface area (Å²) in [5, 5.41) is 8.24. The molecular weight excluding hydrogens is 441 g/mol. The molecule has 1 aliphatic rings. The molecule has 6 nitrogen and oxygen atoms in total. The monoisotopic (exact) mass is 477 g/mol. The molecule has 1 aliphatic carbocycles. The molecule has 0 saturated carbocycles. The predicted octanol–water partition coefficient (Wildman–Crippen LogP) is 6.69. The lowest BCUT2D eigenvalue weighted by atomic mass is 10.1. The van der Waals surface area contributed by atoms with Crippen molar-refractivity contribution in [2.24, 2.45) is 0 Å². The Labute approximate surface area is 207 Å². The van der Waals surface area contributed by atoms with Gasteiger partial charge in [0.15, 0.2) is 5.65 Å². The minimum Gasteiger partial charge on any atom is -0.497 e. The second-order valence-electron chi connectivity index (χ2n) is 8.29. The number of halogens is 1. The van der Waals surface area contributed by atoms with Crippen LogP contribution in [0.4, 0.5) is 10.2 Å². The number of benzene rings is 1. The van der Waals surface area contributed by atoms with Crippen molar-refractivity contribution in [2.45, 2.75) is 66.3 Å².